The van der Waals surface area contributed by atoms with Gasteiger partial charge in [0.2, 0.25) is 5.88 Å². The number of carbonyl (C=O) groups excluding carboxylic acids is 1. The van der Waals surface area contributed by atoms with Gasteiger partial charge in [-0.15, -0.1) is 0 Å². The molecule has 1 N–H and O–H groups in total. The molecular formula is C18H16ClN3O2. The van der Waals surface area contributed by atoms with Crippen molar-refractivity contribution >= 4 is 34.2 Å². The summed E-state index contributed by atoms with van der Waals surface area (Å²) in [5, 5.41) is 3.30. The van der Waals surface area contributed by atoms with Gasteiger partial charge in [-0.3, -0.25) is 4.79 Å². The number of carbonyl (C=O) groups is 1. The second kappa shape index (κ2) is 6.45. The van der Waals surface area contributed by atoms with Crippen LogP contribution in [0.2, 0.25) is 5.02 Å². The fourth-order valence-electron chi connectivity index (χ4n) is 2.34. The number of aromatic nitrogens is 2. The van der Waals surface area contributed by atoms with Crippen molar-refractivity contribution in [3.05, 3.63) is 58.2 Å². The van der Waals surface area contributed by atoms with Crippen LogP contribution in [-0.4, -0.2) is 23.0 Å². The van der Waals surface area contributed by atoms with E-state index in [0.717, 1.165) is 11.1 Å². The molecule has 24 heavy (non-hydrogen) atoms. The van der Waals surface area contributed by atoms with Crippen molar-refractivity contribution in [3.63, 3.8) is 0 Å². The summed E-state index contributed by atoms with van der Waals surface area (Å²) in [4.78, 5) is 21.4. The summed E-state index contributed by atoms with van der Waals surface area (Å²) in [6.07, 6.45) is 0. The average molecular weight is 342 g/mol. The van der Waals surface area contributed by atoms with E-state index in [1.54, 1.807) is 24.3 Å². The van der Waals surface area contributed by atoms with E-state index in [0.29, 0.717) is 21.7 Å². The fourth-order valence-corrected chi connectivity index (χ4v) is 2.53. The van der Waals surface area contributed by atoms with Gasteiger partial charge in [-0.25, -0.2) is 9.97 Å². The molecule has 0 fully saturated rings. The Hall–Kier alpha value is -2.66. The van der Waals surface area contributed by atoms with Crippen molar-refractivity contribution in [1.82, 2.24) is 9.97 Å². The van der Waals surface area contributed by atoms with Crippen LogP contribution in [0.15, 0.2) is 36.4 Å². The number of fused-ring (bicyclic) bond motifs is 1. The molecule has 0 saturated carbocycles. The number of benzene rings is 2. The first-order chi connectivity index (χ1) is 11.5. The average Bonchev–Trinajstić information content (AvgIpc) is 2.55. The van der Waals surface area contributed by atoms with Crippen LogP contribution in [0.1, 0.15) is 21.6 Å². The first kappa shape index (κ1) is 16.2. The predicted molar refractivity (Wildman–Crippen MR) is 95.0 cm³/mol. The number of amides is 1. The molecule has 0 unspecified atom stereocenters. The Balaban J connectivity index is 2.03. The summed E-state index contributed by atoms with van der Waals surface area (Å²) in [6.45, 7) is 4.00. The van der Waals surface area contributed by atoms with Gasteiger partial charge < -0.3 is 10.1 Å². The maximum absolute atomic E-state index is 12.6. The highest BCUT2D eigenvalue weighted by atomic mass is 35.5. The number of rotatable bonds is 3. The molecule has 1 heterocycles. The van der Waals surface area contributed by atoms with Gasteiger partial charge in [-0.2, -0.15) is 0 Å². The zero-order chi connectivity index (χ0) is 17.3. The van der Waals surface area contributed by atoms with Crippen molar-refractivity contribution in [2.45, 2.75) is 13.8 Å². The lowest BCUT2D eigenvalue weighted by Gasteiger charge is -2.10. The number of ether oxygens (including phenoxy) is 1. The molecule has 6 heteroatoms. The number of nitrogens with one attached hydrogen (secondary N) is 1. The third-order valence-electron chi connectivity index (χ3n) is 3.74. The van der Waals surface area contributed by atoms with Gasteiger partial charge in [0.05, 0.1) is 18.1 Å². The summed E-state index contributed by atoms with van der Waals surface area (Å²) in [5.74, 6) is -0.216. The zero-order valence-corrected chi connectivity index (χ0v) is 14.3. The van der Waals surface area contributed by atoms with Crippen LogP contribution in [0, 0.1) is 13.8 Å². The molecule has 3 aromatic rings. The number of hydrogen-bond acceptors (Lipinski definition) is 4. The van der Waals surface area contributed by atoms with Crippen molar-refractivity contribution in [2.24, 2.45) is 0 Å². The van der Waals surface area contributed by atoms with Gasteiger partial charge >= 0.3 is 0 Å². The maximum Gasteiger partial charge on any atom is 0.279 e. The molecule has 0 radical (unpaired) electrons. The van der Waals surface area contributed by atoms with Gasteiger partial charge in [0.15, 0.2) is 5.69 Å². The number of hydrogen-bond donors (Lipinski definition) is 1. The van der Waals surface area contributed by atoms with Crippen LogP contribution in [0.5, 0.6) is 5.88 Å². The van der Waals surface area contributed by atoms with Gasteiger partial charge in [0, 0.05) is 10.7 Å². The van der Waals surface area contributed by atoms with Crippen molar-refractivity contribution in [2.75, 3.05) is 12.4 Å². The molecule has 0 bridgehead atoms. The summed E-state index contributed by atoms with van der Waals surface area (Å²) >= 11 is 5.94. The van der Waals surface area contributed by atoms with Gasteiger partial charge in [-0.1, -0.05) is 17.7 Å². The van der Waals surface area contributed by atoms with Crippen molar-refractivity contribution < 1.29 is 9.53 Å². The van der Waals surface area contributed by atoms with Crippen LogP contribution in [0.4, 0.5) is 5.69 Å². The van der Waals surface area contributed by atoms with Crippen LogP contribution < -0.4 is 10.1 Å². The molecule has 0 atom stereocenters. The molecule has 0 saturated heterocycles. The zero-order valence-electron chi connectivity index (χ0n) is 13.6. The lowest BCUT2D eigenvalue weighted by atomic mass is 10.1. The molecular weight excluding hydrogens is 326 g/mol. The van der Waals surface area contributed by atoms with E-state index in [4.69, 9.17) is 16.3 Å². The first-order valence-corrected chi connectivity index (χ1v) is 7.75. The normalized spacial score (nSPS) is 10.7. The van der Waals surface area contributed by atoms with Crippen molar-refractivity contribution in [3.8, 4) is 5.88 Å². The maximum atomic E-state index is 12.6. The van der Waals surface area contributed by atoms with Crippen LogP contribution >= 0.6 is 11.6 Å². The lowest BCUT2D eigenvalue weighted by Crippen LogP contribution is -2.16. The molecule has 0 spiro atoms. The number of nitrogens with zero attached hydrogens (tertiary/aromatic N) is 2. The van der Waals surface area contributed by atoms with Crippen LogP contribution in [0.25, 0.3) is 11.0 Å². The number of aryl methyl sites for hydroxylation is 2. The summed E-state index contributed by atoms with van der Waals surface area (Å²) in [6, 6.07) is 10.7. The highest BCUT2D eigenvalue weighted by molar-refractivity contribution is 6.31. The SMILES string of the molecule is COc1nc2cc(C)c(C)cc2nc1C(=O)Nc1cccc(Cl)c1. The molecule has 0 aliphatic carbocycles. The summed E-state index contributed by atoms with van der Waals surface area (Å²) in [7, 11) is 1.47. The fraction of sp³-hybridized carbons (Fsp3) is 0.167. The third kappa shape index (κ3) is 3.16. The second-order valence-electron chi connectivity index (χ2n) is 5.47. The smallest absolute Gasteiger partial charge is 0.279 e. The van der Waals surface area contributed by atoms with E-state index in [2.05, 4.69) is 15.3 Å². The molecule has 1 aromatic heterocycles. The van der Waals surface area contributed by atoms with E-state index in [1.807, 2.05) is 26.0 Å². The molecule has 0 aliphatic rings. The minimum Gasteiger partial charge on any atom is -0.479 e. The van der Waals surface area contributed by atoms with Gasteiger partial charge in [0.1, 0.15) is 0 Å². The van der Waals surface area contributed by atoms with E-state index in [1.165, 1.54) is 7.11 Å². The molecule has 122 valence electrons. The van der Waals surface area contributed by atoms with E-state index >= 15 is 0 Å². The van der Waals surface area contributed by atoms with E-state index in [9.17, 15) is 4.79 Å². The number of methoxy groups -OCH3 is 1. The summed E-state index contributed by atoms with van der Waals surface area (Å²) in [5.41, 5.74) is 4.24. The minimum absolute atomic E-state index is 0.133. The Morgan fingerprint density at radius 1 is 1.08 bits per heavy atom. The molecule has 3 rings (SSSR count). The number of halogens is 1. The molecule has 2 aromatic carbocycles. The Labute approximate surface area is 144 Å². The third-order valence-corrected chi connectivity index (χ3v) is 3.97. The first-order valence-electron chi connectivity index (χ1n) is 7.38. The standard InChI is InChI=1S/C18H16ClN3O2/c1-10-7-14-15(8-11(10)2)22-18(24-3)16(21-14)17(23)20-13-6-4-5-12(19)9-13/h4-9H,1-3H3,(H,20,23). The summed E-state index contributed by atoms with van der Waals surface area (Å²) < 4.78 is 5.25. The predicted octanol–water partition coefficient (Wildman–Crippen LogP) is 4.16. The lowest BCUT2D eigenvalue weighted by molar-refractivity contribution is 0.101. The Morgan fingerprint density at radius 2 is 1.75 bits per heavy atom. The topological polar surface area (TPSA) is 64.1 Å². The van der Waals surface area contributed by atoms with E-state index in [-0.39, 0.29) is 11.6 Å². The molecule has 5 nitrogen and oxygen atoms in total. The Morgan fingerprint density at radius 3 is 2.38 bits per heavy atom. The largest absolute Gasteiger partial charge is 0.479 e. The second-order valence-corrected chi connectivity index (χ2v) is 5.91. The van der Waals surface area contributed by atoms with Gasteiger partial charge in [-0.05, 0) is 55.3 Å². The highest BCUT2D eigenvalue weighted by Gasteiger charge is 2.18. The Kier molecular flexibility index (Phi) is 4.36. The highest BCUT2D eigenvalue weighted by Crippen LogP contribution is 2.23. The monoisotopic (exact) mass is 341 g/mol. The minimum atomic E-state index is -0.401. The van der Waals surface area contributed by atoms with Crippen LogP contribution in [-0.2, 0) is 0 Å². The Bertz CT molecular complexity index is 941. The quantitative estimate of drug-likeness (QED) is 0.776. The molecule has 1 amide bonds. The van der Waals surface area contributed by atoms with E-state index < -0.39 is 5.91 Å². The number of anilines is 1. The van der Waals surface area contributed by atoms with Gasteiger partial charge in [0.25, 0.3) is 5.91 Å². The van der Waals surface area contributed by atoms with Crippen LogP contribution in [0.3, 0.4) is 0 Å². The van der Waals surface area contributed by atoms with Crippen molar-refractivity contribution in [1.29, 1.82) is 0 Å². The molecule has 0 aliphatic heterocycles.